The van der Waals surface area contributed by atoms with Crippen LogP contribution >= 0.6 is 0 Å². The SMILES string of the molecule is NC(=O)N1CCNCC1c1nc(N2CCOCC2)nc(-n2c(C(F)F)nc3ccccc32)n1. The maximum Gasteiger partial charge on any atom is 0.315 e. The molecule has 1 unspecified atom stereocenters. The number of anilines is 1. The summed E-state index contributed by atoms with van der Waals surface area (Å²) in [6.07, 6.45) is -2.84. The fraction of sp³-hybridized carbons (Fsp3) is 0.450. The van der Waals surface area contributed by atoms with Gasteiger partial charge >= 0.3 is 6.03 Å². The minimum absolute atomic E-state index is 0.0143. The molecule has 2 aliphatic rings. The van der Waals surface area contributed by atoms with Crippen LogP contribution in [0.1, 0.15) is 24.1 Å². The number of ether oxygens (including phenoxy) is 1. The van der Waals surface area contributed by atoms with E-state index < -0.39 is 24.3 Å². The number of nitrogens with two attached hydrogens (primary N) is 1. The highest BCUT2D eigenvalue weighted by molar-refractivity contribution is 5.77. The fourth-order valence-corrected chi connectivity index (χ4v) is 4.12. The van der Waals surface area contributed by atoms with E-state index in [2.05, 4.69) is 25.3 Å². The van der Waals surface area contributed by atoms with Gasteiger partial charge in [-0.25, -0.2) is 18.6 Å². The third-order valence-electron chi connectivity index (χ3n) is 5.73. The molecule has 3 aromatic rings. The molecule has 0 bridgehead atoms. The number of para-hydroxylation sites is 2. The summed E-state index contributed by atoms with van der Waals surface area (Å²) in [5.41, 5.74) is 6.45. The van der Waals surface area contributed by atoms with Crippen LogP contribution in [0.4, 0.5) is 19.5 Å². The highest BCUT2D eigenvalue weighted by Gasteiger charge is 2.31. The van der Waals surface area contributed by atoms with Crippen LogP contribution in [-0.4, -0.2) is 81.4 Å². The van der Waals surface area contributed by atoms with Crippen molar-refractivity contribution in [1.82, 2.24) is 34.7 Å². The zero-order valence-corrected chi connectivity index (χ0v) is 17.7. The average molecular weight is 459 g/mol. The molecular weight excluding hydrogens is 436 g/mol. The van der Waals surface area contributed by atoms with Crippen molar-refractivity contribution < 1.29 is 18.3 Å². The molecule has 1 atom stereocenters. The van der Waals surface area contributed by atoms with E-state index in [9.17, 15) is 13.6 Å². The van der Waals surface area contributed by atoms with Gasteiger partial charge < -0.3 is 25.6 Å². The number of halogens is 2. The van der Waals surface area contributed by atoms with Crippen LogP contribution in [0.3, 0.4) is 0 Å². The van der Waals surface area contributed by atoms with Gasteiger partial charge in [0.25, 0.3) is 6.43 Å². The number of alkyl halides is 2. The van der Waals surface area contributed by atoms with Crippen LogP contribution < -0.4 is 16.0 Å². The fourth-order valence-electron chi connectivity index (χ4n) is 4.12. The molecule has 1 aromatic carbocycles. The number of urea groups is 1. The van der Waals surface area contributed by atoms with E-state index in [1.165, 1.54) is 9.47 Å². The molecule has 11 nitrogen and oxygen atoms in total. The summed E-state index contributed by atoms with van der Waals surface area (Å²) in [5, 5.41) is 3.21. The summed E-state index contributed by atoms with van der Waals surface area (Å²) >= 11 is 0. The number of piperazine rings is 1. The minimum Gasteiger partial charge on any atom is -0.378 e. The number of morpholine rings is 1. The third kappa shape index (κ3) is 4.04. The normalized spacial score (nSPS) is 19.4. The van der Waals surface area contributed by atoms with Gasteiger partial charge in [-0.3, -0.25) is 4.57 Å². The first-order valence-corrected chi connectivity index (χ1v) is 10.6. The van der Waals surface area contributed by atoms with E-state index in [0.717, 1.165) is 0 Å². The van der Waals surface area contributed by atoms with Crippen LogP contribution in [0.2, 0.25) is 0 Å². The predicted octanol–water partition coefficient (Wildman–Crippen LogP) is 1.01. The lowest BCUT2D eigenvalue weighted by Gasteiger charge is -2.34. The first kappa shape index (κ1) is 21.4. The first-order valence-electron chi connectivity index (χ1n) is 10.6. The van der Waals surface area contributed by atoms with Crippen molar-refractivity contribution in [2.75, 3.05) is 50.8 Å². The van der Waals surface area contributed by atoms with E-state index >= 15 is 0 Å². The van der Waals surface area contributed by atoms with E-state index in [1.54, 1.807) is 24.3 Å². The van der Waals surface area contributed by atoms with Gasteiger partial charge in [0, 0.05) is 32.7 Å². The third-order valence-corrected chi connectivity index (χ3v) is 5.73. The Morgan fingerprint density at radius 3 is 2.61 bits per heavy atom. The highest BCUT2D eigenvalue weighted by Crippen LogP contribution is 2.28. The van der Waals surface area contributed by atoms with Crippen LogP contribution in [-0.2, 0) is 4.74 Å². The predicted molar refractivity (Wildman–Crippen MR) is 114 cm³/mol. The number of aromatic nitrogens is 5. The lowest BCUT2D eigenvalue weighted by molar-refractivity contribution is 0.122. The minimum atomic E-state index is -2.84. The number of rotatable bonds is 4. The molecule has 2 saturated heterocycles. The number of amides is 2. The lowest BCUT2D eigenvalue weighted by Crippen LogP contribution is -2.51. The standard InChI is InChI=1S/C20H23F2N9O2/c21-15(22)17-25-12-3-1-2-4-13(12)31(17)20-27-16(14-11-24-5-6-30(14)18(23)32)26-19(28-20)29-7-9-33-10-8-29/h1-4,14-15,24H,5-11H2,(H2,23,32). The largest absolute Gasteiger partial charge is 0.378 e. The molecule has 0 radical (unpaired) electrons. The van der Waals surface area contributed by atoms with Gasteiger partial charge in [-0.2, -0.15) is 15.0 Å². The Hall–Kier alpha value is -3.45. The second-order valence-electron chi connectivity index (χ2n) is 7.74. The zero-order chi connectivity index (χ0) is 22.9. The Labute approximate surface area is 187 Å². The average Bonchev–Trinajstić information content (AvgIpc) is 3.24. The monoisotopic (exact) mass is 459 g/mol. The number of hydrogen-bond acceptors (Lipinski definition) is 8. The van der Waals surface area contributed by atoms with E-state index in [0.29, 0.717) is 62.9 Å². The Bertz CT molecular complexity index is 1170. The molecule has 33 heavy (non-hydrogen) atoms. The van der Waals surface area contributed by atoms with Crippen LogP contribution in [0, 0.1) is 0 Å². The van der Waals surface area contributed by atoms with Crippen molar-refractivity contribution in [3.8, 4) is 5.95 Å². The molecule has 2 fully saturated rings. The van der Waals surface area contributed by atoms with Crippen LogP contribution in [0.5, 0.6) is 0 Å². The number of carbonyl (C=O) groups excluding carboxylic acids is 1. The molecular formula is C20H23F2N9O2. The molecule has 4 heterocycles. The van der Waals surface area contributed by atoms with Gasteiger partial charge in [0.15, 0.2) is 11.6 Å². The number of fused-ring (bicyclic) bond motifs is 1. The molecule has 0 spiro atoms. The first-order chi connectivity index (χ1) is 16.0. The summed E-state index contributed by atoms with van der Waals surface area (Å²) in [6, 6.07) is 5.64. The van der Waals surface area contributed by atoms with Crippen molar-refractivity contribution in [3.05, 3.63) is 35.9 Å². The summed E-state index contributed by atoms with van der Waals surface area (Å²) in [4.78, 5) is 33.2. The lowest BCUT2D eigenvalue weighted by atomic mass is 10.2. The molecule has 174 valence electrons. The van der Waals surface area contributed by atoms with Crippen molar-refractivity contribution in [3.63, 3.8) is 0 Å². The second kappa shape index (κ2) is 8.83. The zero-order valence-electron chi connectivity index (χ0n) is 17.7. The summed E-state index contributed by atoms with van der Waals surface area (Å²) < 4.78 is 34.6. The number of hydrogen-bond donors (Lipinski definition) is 2. The van der Waals surface area contributed by atoms with Gasteiger partial charge in [-0.15, -0.1) is 0 Å². The Kier molecular flexibility index (Phi) is 5.72. The maximum absolute atomic E-state index is 14.0. The summed E-state index contributed by atoms with van der Waals surface area (Å²) in [7, 11) is 0. The topological polar surface area (TPSA) is 127 Å². The highest BCUT2D eigenvalue weighted by atomic mass is 19.3. The number of primary amides is 1. The molecule has 0 aliphatic carbocycles. The van der Waals surface area contributed by atoms with E-state index in [1.807, 2.05) is 4.90 Å². The van der Waals surface area contributed by atoms with Crippen LogP contribution in [0.25, 0.3) is 17.0 Å². The maximum atomic E-state index is 14.0. The van der Waals surface area contributed by atoms with Crippen molar-refractivity contribution >= 4 is 23.0 Å². The molecule has 13 heteroatoms. The summed E-state index contributed by atoms with van der Waals surface area (Å²) in [5.74, 6) is 0.145. The Morgan fingerprint density at radius 2 is 1.85 bits per heavy atom. The van der Waals surface area contributed by atoms with Crippen molar-refractivity contribution in [1.29, 1.82) is 0 Å². The molecule has 0 saturated carbocycles. The number of nitrogens with one attached hydrogen (secondary N) is 1. The van der Waals surface area contributed by atoms with Gasteiger partial charge in [-0.1, -0.05) is 12.1 Å². The van der Waals surface area contributed by atoms with Gasteiger partial charge in [0.05, 0.1) is 24.2 Å². The van der Waals surface area contributed by atoms with Crippen molar-refractivity contribution in [2.45, 2.75) is 12.5 Å². The van der Waals surface area contributed by atoms with Gasteiger partial charge in [0.2, 0.25) is 11.9 Å². The van der Waals surface area contributed by atoms with Gasteiger partial charge in [0.1, 0.15) is 6.04 Å². The molecule has 2 aromatic heterocycles. The number of benzene rings is 1. The van der Waals surface area contributed by atoms with E-state index in [-0.39, 0.29) is 11.8 Å². The molecule has 2 aliphatic heterocycles. The van der Waals surface area contributed by atoms with Crippen molar-refractivity contribution in [2.24, 2.45) is 5.73 Å². The quantitative estimate of drug-likeness (QED) is 0.592. The molecule has 5 rings (SSSR count). The Morgan fingerprint density at radius 1 is 1.09 bits per heavy atom. The van der Waals surface area contributed by atoms with Gasteiger partial charge in [-0.05, 0) is 12.1 Å². The second-order valence-corrected chi connectivity index (χ2v) is 7.74. The number of carbonyl (C=O) groups is 1. The van der Waals surface area contributed by atoms with Crippen LogP contribution in [0.15, 0.2) is 24.3 Å². The molecule has 3 N–H and O–H groups in total. The Balaban J connectivity index is 1.69. The van der Waals surface area contributed by atoms with E-state index in [4.69, 9.17) is 10.5 Å². The molecule has 2 amide bonds. The summed E-state index contributed by atoms with van der Waals surface area (Å²) in [6.45, 7) is 3.40. The smallest absolute Gasteiger partial charge is 0.315 e. The number of imidazole rings is 1. The number of nitrogens with zero attached hydrogens (tertiary/aromatic N) is 7.